The molecule has 0 bridgehead atoms. The van der Waals surface area contributed by atoms with E-state index >= 15 is 0 Å². The maximum Gasteiger partial charge on any atom is 0.433 e. The minimum Gasteiger partial charge on any atom is -0.465 e. The molecule has 1 aromatic carbocycles. The molecule has 0 aliphatic carbocycles. The van der Waals surface area contributed by atoms with Crippen LogP contribution < -0.4 is 4.74 Å². The lowest BCUT2D eigenvalue weighted by Gasteiger charge is -2.14. The average Bonchev–Trinajstić information content (AvgIpc) is 2.91. The van der Waals surface area contributed by atoms with Crippen molar-refractivity contribution in [1.29, 1.82) is 0 Å². The van der Waals surface area contributed by atoms with Crippen molar-refractivity contribution in [3.63, 3.8) is 0 Å². The summed E-state index contributed by atoms with van der Waals surface area (Å²) in [7, 11) is 2.43. The number of hydrogen-bond acceptors (Lipinski definition) is 4. The first-order valence-electron chi connectivity index (χ1n) is 7.32. The highest BCUT2D eigenvalue weighted by Crippen LogP contribution is 2.36. The molecule has 5 nitrogen and oxygen atoms in total. The summed E-state index contributed by atoms with van der Waals surface area (Å²) in [6.45, 7) is 3.42. The second kappa shape index (κ2) is 7.00. The Morgan fingerprint density at radius 3 is 2.52 bits per heavy atom. The first-order valence-corrected chi connectivity index (χ1v) is 7.32. The number of carbonyl (C=O) groups is 1. The Bertz CT molecular complexity index is 823. The van der Waals surface area contributed by atoms with Crippen LogP contribution in [0, 0.1) is 6.92 Å². The van der Waals surface area contributed by atoms with Crippen LogP contribution in [-0.2, 0) is 22.8 Å². The third-order valence-corrected chi connectivity index (χ3v) is 3.56. The van der Waals surface area contributed by atoms with Crippen LogP contribution in [0.3, 0.4) is 0 Å². The molecule has 2 aromatic rings. The molecule has 134 valence electrons. The quantitative estimate of drug-likeness (QED) is 0.612. The Kier molecular flexibility index (Phi) is 5.20. The highest BCUT2D eigenvalue weighted by Gasteiger charge is 2.35. The van der Waals surface area contributed by atoms with Crippen LogP contribution in [-0.4, -0.2) is 22.9 Å². The van der Waals surface area contributed by atoms with Crippen LogP contribution in [0.25, 0.3) is 5.57 Å². The van der Waals surface area contributed by atoms with Gasteiger partial charge in [-0.25, -0.2) is 4.79 Å². The van der Waals surface area contributed by atoms with Crippen molar-refractivity contribution in [2.24, 2.45) is 7.05 Å². The fourth-order valence-electron chi connectivity index (χ4n) is 2.41. The maximum absolute atomic E-state index is 12.9. The van der Waals surface area contributed by atoms with Gasteiger partial charge in [-0.05, 0) is 25.5 Å². The predicted molar refractivity (Wildman–Crippen MR) is 85.1 cm³/mol. The van der Waals surface area contributed by atoms with Gasteiger partial charge in [-0.1, -0.05) is 18.2 Å². The van der Waals surface area contributed by atoms with Gasteiger partial charge in [0.2, 0.25) is 5.88 Å². The first-order chi connectivity index (χ1) is 11.7. The van der Waals surface area contributed by atoms with Crippen LogP contribution in [0.15, 0.2) is 30.3 Å². The molecule has 25 heavy (non-hydrogen) atoms. The summed E-state index contributed by atoms with van der Waals surface area (Å²) >= 11 is 0. The molecule has 0 amide bonds. The molecule has 1 heterocycles. The van der Waals surface area contributed by atoms with Crippen molar-refractivity contribution in [3.05, 3.63) is 47.2 Å². The van der Waals surface area contributed by atoms with E-state index in [9.17, 15) is 18.0 Å². The Hall–Kier alpha value is -2.77. The predicted octanol–water partition coefficient (Wildman–Crippen LogP) is 4.12. The molecule has 0 aliphatic heterocycles. The Morgan fingerprint density at radius 1 is 1.32 bits per heavy atom. The second-order valence-electron chi connectivity index (χ2n) is 5.23. The maximum atomic E-state index is 12.9. The molecular weight excluding hydrogens is 337 g/mol. The van der Waals surface area contributed by atoms with E-state index in [2.05, 4.69) is 5.10 Å². The van der Waals surface area contributed by atoms with E-state index in [1.807, 2.05) is 0 Å². The third kappa shape index (κ3) is 3.84. The van der Waals surface area contributed by atoms with E-state index in [0.29, 0.717) is 15.8 Å². The fraction of sp³-hybridized carbons (Fsp3) is 0.294. The highest BCUT2D eigenvalue weighted by molar-refractivity contribution is 6.17. The van der Waals surface area contributed by atoms with Crippen molar-refractivity contribution < 1.29 is 27.4 Å². The number of carbonyl (C=O) groups excluding carboxylic acids is 1. The van der Waals surface area contributed by atoms with Gasteiger partial charge in [0, 0.05) is 18.7 Å². The van der Waals surface area contributed by atoms with E-state index in [0.717, 1.165) is 6.07 Å². The minimum absolute atomic E-state index is 0.213. The summed E-state index contributed by atoms with van der Waals surface area (Å²) in [4.78, 5) is 12.0. The van der Waals surface area contributed by atoms with E-state index < -0.39 is 17.8 Å². The highest BCUT2D eigenvalue weighted by atomic mass is 19.4. The van der Waals surface area contributed by atoms with Gasteiger partial charge in [0.25, 0.3) is 0 Å². The van der Waals surface area contributed by atoms with Gasteiger partial charge >= 0.3 is 12.1 Å². The standard InChI is InChI=1S/C17H17F3N2O3/c1-5-11(16(23)24-4)15-10(2)7-6-8-12(15)25-14-9-13(17(18,19)20)22(3)21-14/h5-9H,1-4H3/b11-5-. The number of halogens is 3. The smallest absolute Gasteiger partial charge is 0.433 e. The number of aryl methyl sites for hydroxylation is 2. The average molecular weight is 354 g/mol. The number of alkyl halides is 3. The molecule has 0 saturated heterocycles. The molecule has 2 rings (SSSR count). The Labute approximate surface area is 142 Å². The molecule has 0 radical (unpaired) electrons. The molecule has 0 unspecified atom stereocenters. The van der Waals surface area contributed by atoms with Crippen molar-refractivity contribution in [2.75, 3.05) is 7.11 Å². The van der Waals surface area contributed by atoms with E-state index in [-0.39, 0.29) is 17.2 Å². The number of allylic oxidation sites excluding steroid dienone is 1. The van der Waals surface area contributed by atoms with E-state index in [4.69, 9.17) is 9.47 Å². The van der Waals surface area contributed by atoms with Crippen LogP contribution >= 0.6 is 0 Å². The van der Waals surface area contributed by atoms with Crippen molar-refractivity contribution >= 4 is 11.5 Å². The zero-order chi connectivity index (χ0) is 18.8. The summed E-state index contributed by atoms with van der Waals surface area (Å²) in [6.07, 6.45) is -2.99. The molecule has 1 aromatic heterocycles. The Morgan fingerprint density at radius 2 is 2.00 bits per heavy atom. The summed E-state index contributed by atoms with van der Waals surface area (Å²) in [5, 5.41) is 3.73. The molecule has 0 fully saturated rings. The minimum atomic E-state index is -4.54. The number of methoxy groups -OCH3 is 1. The van der Waals surface area contributed by atoms with Gasteiger partial charge in [0.15, 0.2) is 0 Å². The third-order valence-electron chi connectivity index (χ3n) is 3.56. The van der Waals surface area contributed by atoms with Gasteiger partial charge in [-0.15, -0.1) is 5.10 Å². The molecule has 0 atom stereocenters. The topological polar surface area (TPSA) is 53.4 Å². The lowest BCUT2D eigenvalue weighted by molar-refractivity contribution is -0.143. The molecule has 0 saturated carbocycles. The molecule has 8 heteroatoms. The second-order valence-corrected chi connectivity index (χ2v) is 5.23. The Balaban J connectivity index is 2.48. The SMILES string of the molecule is C/C=C(\C(=O)OC)c1c(C)cccc1Oc1cc(C(F)(F)F)n(C)n1. The van der Waals surface area contributed by atoms with Crippen molar-refractivity contribution in [1.82, 2.24) is 9.78 Å². The largest absolute Gasteiger partial charge is 0.465 e. The van der Waals surface area contributed by atoms with Crippen molar-refractivity contribution in [2.45, 2.75) is 20.0 Å². The number of rotatable bonds is 4. The zero-order valence-corrected chi connectivity index (χ0v) is 14.1. The summed E-state index contributed by atoms with van der Waals surface area (Å²) < 4.78 is 49.7. The number of ether oxygens (including phenoxy) is 2. The van der Waals surface area contributed by atoms with Gasteiger partial charge in [-0.2, -0.15) is 13.2 Å². The number of esters is 1. The molecule has 0 aliphatic rings. The zero-order valence-electron chi connectivity index (χ0n) is 14.1. The molecule has 0 spiro atoms. The monoisotopic (exact) mass is 354 g/mol. The summed E-state index contributed by atoms with van der Waals surface area (Å²) in [5.41, 5.74) is 0.470. The van der Waals surface area contributed by atoms with Crippen LogP contribution in [0.5, 0.6) is 11.6 Å². The molecule has 0 N–H and O–H groups in total. The van der Waals surface area contributed by atoms with E-state index in [1.165, 1.54) is 14.2 Å². The number of benzene rings is 1. The number of nitrogens with zero attached hydrogens (tertiary/aromatic N) is 2. The number of aromatic nitrogens is 2. The summed E-state index contributed by atoms with van der Waals surface area (Å²) in [6, 6.07) is 5.79. The van der Waals surface area contributed by atoms with Gasteiger partial charge < -0.3 is 9.47 Å². The van der Waals surface area contributed by atoms with E-state index in [1.54, 1.807) is 38.1 Å². The van der Waals surface area contributed by atoms with Crippen molar-refractivity contribution in [3.8, 4) is 11.6 Å². The lowest BCUT2D eigenvalue weighted by atomic mass is 9.99. The first kappa shape index (κ1) is 18.6. The van der Waals surface area contributed by atoms with Crippen LogP contribution in [0.1, 0.15) is 23.7 Å². The lowest BCUT2D eigenvalue weighted by Crippen LogP contribution is -2.11. The molecular formula is C17H17F3N2O3. The van der Waals surface area contributed by atoms with Gasteiger partial charge in [0.1, 0.15) is 11.4 Å². The summed E-state index contributed by atoms with van der Waals surface area (Å²) in [5.74, 6) is -0.578. The van der Waals surface area contributed by atoms with Gasteiger partial charge in [0.05, 0.1) is 12.7 Å². The van der Waals surface area contributed by atoms with Gasteiger partial charge in [-0.3, -0.25) is 4.68 Å². The normalized spacial score (nSPS) is 12.2. The number of hydrogen-bond donors (Lipinski definition) is 0. The van der Waals surface area contributed by atoms with Crippen LogP contribution in [0.4, 0.5) is 13.2 Å². The fourth-order valence-corrected chi connectivity index (χ4v) is 2.41. The van der Waals surface area contributed by atoms with Crippen LogP contribution in [0.2, 0.25) is 0 Å².